The minimum Gasteiger partial charge on any atom is -0.444 e. The zero-order valence-corrected chi connectivity index (χ0v) is 11.7. The van der Waals surface area contributed by atoms with E-state index in [1.807, 2.05) is 25.7 Å². The van der Waals surface area contributed by atoms with Crippen LogP contribution in [0, 0.1) is 11.3 Å². The molecule has 0 aromatic carbocycles. The fourth-order valence-corrected chi connectivity index (χ4v) is 3.14. The summed E-state index contributed by atoms with van der Waals surface area (Å²) in [5.41, 5.74) is -0.131. The van der Waals surface area contributed by atoms with Gasteiger partial charge in [0.25, 0.3) is 0 Å². The highest BCUT2D eigenvalue weighted by atomic mass is 16.6. The normalized spacial score (nSPS) is 31.6. The van der Waals surface area contributed by atoms with E-state index in [4.69, 9.17) is 9.84 Å². The molecule has 1 aliphatic carbocycles. The van der Waals surface area contributed by atoms with Crippen LogP contribution in [0.3, 0.4) is 0 Å². The first-order chi connectivity index (χ1) is 8.36. The van der Waals surface area contributed by atoms with Crippen LogP contribution in [0.4, 0.5) is 4.79 Å². The van der Waals surface area contributed by atoms with E-state index < -0.39 is 5.60 Å². The number of carbonyl (C=O) groups excluding carboxylic acids is 1. The van der Waals surface area contributed by atoms with Crippen LogP contribution in [0.2, 0.25) is 0 Å². The van der Waals surface area contributed by atoms with Crippen LogP contribution in [0.5, 0.6) is 0 Å². The zero-order chi connectivity index (χ0) is 13.4. The minimum atomic E-state index is -0.421. The van der Waals surface area contributed by atoms with Crippen LogP contribution in [0.1, 0.15) is 46.5 Å². The molecule has 1 saturated carbocycles. The smallest absolute Gasteiger partial charge is 0.410 e. The van der Waals surface area contributed by atoms with Gasteiger partial charge in [-0.2, -0.15) is 0 Å². The van der Waals surface area contributed by atoms with E-state index in [1.54, 1.807) is 0 Å². The molecule has 1 N–H and O–H groups in total. The van der Waals surface area contributed by atoms with E-state index in [0.717, 1.165) is 32.4 Å². The van der Waals surface area contributed by atoms with Crippen molar-refractivity contribution in [2.45, 2.75) is 52.1 Å². The van der Waals surface area contributed by atoms with E-state index in [9.17, 15) is 4.79 Å². The molecule has 1 heterocycles. The standard InChI is InChI=1S/C14H25NO3/c1-13(2,3)18-12(17)15-7-4-6-14(10-15)9-11(14)5-8-16/h11,16H,4-10H2,1-3H3. The molecule has 2 aliphatic rings. The molecular formula is C14H25NO3. The maximum atomic E-state index is 12.0. The van der Waals surface area contributed by atoms with Crippen LogP contribution >= 0.6 is 0 Å². The Bertz CT molecular complexity index is 323. The molecule has 1 spiro atoms. The summed E-state index contributed by atoms with van der Waals surface area (Å²) in [6.45, 7) is 7.58. The van der Waals surface area contributed by atoms with E-state index in [1.165, 1.54) is 6.42 Å². The number of rotatable bonds is 2. The van der Waals surface area contributed by atoms with Gasteiger partial charge in [-0.15, -0.1) is 0 Å². The monoisotopic (exact) mass is 255 g/mol. The molecule has 4 nitrogen and oxygen atoms in total. The van der Waals surface area contributed by atoms with E-state index >= 15 is 0 Å². The molecule has 4 heteroatoms. The Morgan fingerprint density at radius 3 is 2.83 bits per heavy atom. The SMILES string of the molecule is CC(C)(C)OC(=O)N1CCCC2(CC2CCO)C1. The van der Waals surface area contributed by atoms with Crippen molar-refractivity contribution >= 4 is 6.09 Å². The number of amides is 1. The molecule has 18 heavy (non-hydrogen) atoms. The van der Waals surface area contributed by atoms with E-state index in [0.29, 0.717) is 5.92 Å². The first-order valence-electron chi connectivity index (χ1n) is 6.95. The molecule has 1 amide bonds. The van der Waals surface area contributed by atoms with Gasteiger partial charge in [0.15, 0.2) is 0 Å². The fourth-order valence-electron chi connectivity index (χ4n) is 3.14. The maximum Gasteiger partial charge on any atom is 0.410 e. The van der Waals surface area contributed by atoms with Gasteiger partial charge in [0.1, 0.15) is 5.60 Å². The molecule has 1 saturated heterocycles. The Balaban J connectivity index is 1.90. The number of aliphatic hydroxyl groups excluding tert-OH is 1. The minimum absolute atomic E-state index is 0.184. The molecule has 0 radical (unpaired) electrons. The summed E-state index contributed by atoms with van der Waals surface area (Å²) in [6, 6.07) is 0. The Morgan fingerprint density at radius 2 is 2.22 bits per heavy atom. The highest BCUT2D eigenvalue weighted by molar-refractivity contribution is 5.68. The van der Waals surface area contributed by atoms with Crippen molar-refractivity contribution in [3.8, 4) is 0 Å². The lowest BCUT2D eigenvalue weighted by Gasteiger charge is -2.35. The summed E-state index contributed by atoms with van der Waals surface area (Å²) in [4.78, 5) is 13.9. The second-order valence-electron chi connectivity index (χ2n) is 6.78. The second-order valence-corrected chi connectivity index (χ2v) is 6.78. The van der Waals surface area contributed by atoms with Crippen molar-refractivity contribution < 1.29 is 14.6 Å². The van der Waals surface area contributed by atoms with Crippen molar-refractivity contribution in [1.29, 1.82) is 0 Å². The molecule has 0 aromatic rings. The fraction of sp³-hybridized carbons (Fsp3) is 0.929. The number of piperidine rings is 1. The number of likely N-dealkylation sites (tertiary alicyclic amines) is 1. The average molecular weight is 255 g/mol. The van der Waals surface area contributed by atoms with E-state index in [2.05, 4.69) is 0 Å². The van der Waals surface area contributed by atoms with Crippen molar-refractivity contribution in [3.63, 3.8) is 0 Å². The van der Waals surface area contributed by atoms with Crippen LogP contribution < -0.4 is 0 Å². The van der Waals surface area contributed by atoms with Gasteiger partial charge in [0, 0.05) is 19.7 Å². The quantitative estimate of drug-likeness (QED) is 0.824. The number of hydrogen-bond donors (Lipinski definition) is 1. The average Bonchev–Trinajstić information content (AvgIpc) is 2.89. The highest BCUT2D eigenvalue weighted by Crippen LogP contribution is 2.59. The molecule has 2 unspecified atom stereocenters. The third-order valence-electron chi connectivity index (χ3n) is 4.10. The topological polar surface area (TPSA) is 49.8 Å². The molecule has 1 aliphatic heterocycles. The van der Waals surface area contributed by atoms with Crippen LogP contribution in [0.15, 0.2) is 0 Å². The molecule has 2 rings (SSSR count). The predicted molar refractivity (Wildman–Crippen MR) is 69.3 cm³/mol. The molecule has 0 bridgehead atoms. The zero-order valence-electron chi connectivity index (χ0n) is 11.7. The summed E-state index contributed by atoms with van der Waals surface area (Å²) < 4.78 is 5.43. The van der Waals surface area contributed by atoms with Gasteiger partial charge in [-0.25, -0.2) is 4.79 Å². The van der Waals surface area contributed by atoms with Crippen LogP contribution in [-0.4, -0.2) is 41.4 Å². The van der Waals surface area contributed by atoms with Crippen molar-refractivity contribution in [1.82, 2.24) is 4.90 Å². The predicted octanol–water partition coefficient (Wildman–Crippen LogP) is 2.41. The summed E-state index contributed by atoms with van der Waals surface area (Å²) in [5, 5.41) is 9.01. The lowest BCUT2D eigenvalue weighted by Crippen LogP contribution is -2.44. The highest BCUT2D eigenvalue weighted by Gasteiger charge is 2.55. The summed E-state index contributed by atoms with van der Waals surface area (Å²) in [6.07, 6.45) is 4.10. The number of hydrogen-bond acceptors (Lipinski definition) is 3. The number of ether oxygens (including phenoxy) is 1. The number of carbonyl (C=O) groups is 1. The van der Waals surface area contributed by atoms with Crippen LogP contribution in [0.25, 0.3) is 0 Å². The molecule has 104 valence electrons. The van der Waals surface area contributed by atoms with Gasteiger partial charge >= 0.3 is 6.09 Å². The second kappa shape index (κ2) is 4.72. The molecular weight excluding hydrogens is 230 g/mol. The Hall–Kier alpha value is -0.770. The van der Waals surface area contributed by atoms with Crippen molar-refractivity contribution in [2.75, 3.05) is 19.7 Å². The van der Waals surface area contributed by atoms with E-state index in [-0.39, 0.29) is 18.1 Å². The lowest BCUT2D eigenvalue weighted by molar-refractivity contribution is 0.0134. The maximum absolute atomic E-state index is 12.0. The molecule has 0 aromatic heterocycles. The van der Waals surface area contributed by atoms with Gasteiger partial charge in [-0.3, -0.25) is 0 Å². The third-order valence-corrected chi connectivity index (χ3v) is 4.10. The van der Waals surface area contributed by atoms with Crippen LogP contribution in [-0.2, 0) is 4.74 Å². The van der Waals surface area contributed by atoms with Gasteiger partial charge in [0.05, 0.1) is 0 Å². The summed E-state index contributed by atoms with van der Waals surface area (Å²) >= 11 is 0. The van der Waals surface area contributed by atoms with Gasteiger partial charge in [-0.1, -0.05) is 0 Å². The molecule has 2 fully saturated rings. The first kappa shape index (κ1) is 13.7. The largest absolute Gasteiger partial charge is 0.444 e. The number of nitrogens with zero attached hydrogens (tertiary/aromatic N) is 1. The third kappa shape index (κ3) is 2.97. The summed E-state index contributed by atoms with van der Waals surface area (Å²) in [5.74, 6) is 0.604. The first-order valence-corrected chi connectivity index (χ1v) is 6.95. The lowest BCUT2D eigenvalue weighted by atomic mass is 9.91. The Labute approximate surface area is 109 Å². The number of aliphatic hydroxyl groups is 1. The van der Waals surface area contributed by atoms with Crippen molar-refractivity contribution in [3.05, 3.63) is 0 Å². The Morgan fingerprint density at radius 1 is 1.50 bits per heavy atom. The Kier molecular flexibility index (Phi) is 3.58. The van der Waals surface area contributed by atoms with Gasteiger partial charge < -0.3 is 14.7 Å². The van der Waals surface area contributed by atoms with Gasteiger partial charge in [-0.05, 0) is 57.8 Å². The van der Waals surface area contributed by atoms with Crippen molar-refractivity contribution in [2.24, 2.45) is 11.3 Å². The summed E-state index contributed by atoms with van der Waals surface area (Å²) in [7, 11) is 0. The molecule has 2 atom stereocenters. The van der Waals surface area contributed by atoms with Gasteiger partial charge in [0.2, 0.25) is 0 Å².